The van der Waals surface area contributed by atoms with Crippen molar-refractivity contribution in [2.75, 3.05) is 13.1 Å². The first-order valence-electron chi connectivity index (χ1n) is 8.34. The third-order valence-electron chi connectivity index (χ3n) is 5.54. The molecule has 1 aromatic rings. The molecule has 0 amide bonds. The average molecular weight is 286 g/mol. The summed E-state index contributed by atoms with van der Waals surface area (Å²) in [7, 11) is 0. The molecule has 1 saturated carbocycles. The second-order valence-corrected chi connectivity index (χ2v) is 8.55. The van der Waals surface area contributed by atoms with Gasteiger partial charge in [0.2, 0.25) is 0 Å². The van der Waals surface area contributed by atoms with Gasteiger partial charge in [-0.3, -0.25) is 4.90 Å². The van der Waals surface area contributed by atoms with Gasteiger partial charge in [-0.25, -0.2) is 0 Å². The predicted octanol–water partition coefficient (Wildman–Crippen LogP) is 3.90. The van der Waals surface area contributed by atoms with Gasteiger partial charge in [0.05, 0.1) is 0 Å². The van der Waals surface area contributed by atoms with E-state index in [1.165, 1.54) is 36.9 Å². The van der Waals surface area contributed by atoms with Crippen molar-refractivity contribution in [3.63, 3.8) is 0 Å². The molecule has 3 atom stereocenters. The quantitative estimate of drug-likeness (QED) is 0.913. The number of benzene rings is 1. The molecule has 2 bridgehead atoms. The average Bonchev–Trinajstić information content (AvgIpc) is 2.62. The third kappa shape index (κ3) is 2.89. The first kappa shape index (κ1) is 15.1. The topological polar surface area (TPSA) is 29.3 Å². The molecule has 116 valence electrons. The summed E-state index contributed by atoms with van der Waals surface area (Å²) in [6.45, 7) is 11.4. The standard InChI is InChI=1S/C19H30N2/c1-14-5-7-15(8-6-14)17(11-20)21-13-19(4)10-16(21)9-18(2,3)12-19/h5-8,16-17H,9-13,20H2,1-4H3. The maximum Gasteiger partial charge on any atom is 0.0473 e. The normalized spacial score (nSPS) is 33.1. The molecule has 1 aromatic carbocycles. The lowest BCUT2D eigenvalue weighted by molar-refractivity contribution is 0.118. The highest BCUT2D eigenvalue weighted by Crippen LogP contribution is 2.54. The second kappa shape index (κ2) is 5.10. The number of rotatable bonds is 3. The molecular weight excluding hydrogens is 256 g/mol. The van der Waals surface area contributed by atoms with Gasteiger partial charge in [0, 0.05) is 25.2 Å². The Kier molecular flexibility index (Phi) is 3.66. The number of nitrogens with two attached hydrogens (primary N) is 1. The molecule has 3 rings (SSSR count). The lowest BCUT2D eigenvalue weighted by Crippen LogP contribution is -2.39. The third-order valence-corrected chi connectivity index (χ3v) is 5.54. The number of fused-ring (bicyclic) bond motifs is 2. The van der Waals surface area contributed by atoms with Crippen LogP contribution in [0.2, 0.25) is 0 Å². The van der Waals surface area contributed by atoms with Crippen molar-refractivity contribution in [3.8, 4) is 0 Å². The number of hydrogen-bond donors (Lipinski definition) is 1. The smallest absolute Gasteiger partial charge is 0.0473 e. The van der Waals surface area contributed by atoms with Crippen molar-refractivity contribution in [2.24, 2.45) is 16.6 Å². The van der Waals surface area contributed by atoms with Crippen LogP contribution in [0.15, 0.2) is 24.3 Å². The monoisotopic (exact) mass is 286 g/mol. The van der Waals surface area contributed by atoms with Crippen LogP contribution >= 0.6 is 0 Å². The van der Waals surface area contributed by atoms with E-state index < -0.39 is 0 Å². The molecule has 2 heteroatoms. The molecule has 0 spiro atoms. The van der Waals surface area contributed by atoms with Gasteiger partial charge in [-0.2, -0.15) is 0 Å². The molecule has 1 aliphatic heterocycles. The van der Waals surface area contributed by atoms with Gasteiger partial charge in [0.15, 0.2) is 0 Å². The summed E-state index contributed by atoms with van der Waals surface area (Å²) in [5, 5.41) is 0. The summed E-state index contributed by atoms with van der Waals surface area (Å²) in [5.41, 5.74) is 9.83. The molecule has 2 nitrogen and oxygen atoms in total. The van der Waals surface area contributed by atoms with Crippen LogP contribution in [-0.4, -0.2) is 24.0 Å². The van der Waals surface area contributed by atoms with Crippen molar-refractivity contribution in [1.82, 2.24) is 4.90 Å². The van der Waals surface area contributed by atoms with Crippen molar-refractivity contribution < 1.29 is 0 Å². The van der Waals surface area contributed by atoms with E-state index in [0.29, 0.717) is 22.9 Å². The van der Waals surface area contributed by atoms with E-state index in [2.05, 4.69) is 56.9 Å². The molecular formula is C19H30N2. The minimum Gasteiger partial charge on any atom is -0.329 e. The Morgan fingerprint density at radius 3 is 2.48 bits per heavy atom. The molecule has 3 unspecified atom stereocenters. The summed E-state index contributed by atoms with van der Waals surface area (Å²) in [6.07, 6.45) is 4.00. The van der Waals surface area contributed by atoms with Gasteiger partial charge in [-0.05, 0) is 42.6 Å². The first-order valence-corrected chi connectivity index (χ1v) is 8.34. The molecule has 1 heterocycles. The van der Waals surface area contributed by atoms with Crippen LogP contribution < -0.4 is 5.73 Å². The van der Waals surface area contributed by atoms with Crippen LogP contribution in [0.4, 0.5) is 0 Å². The van der Waals surface area contributed by atoms with Gasteiger partial charge >= 0.3 is 0 Å². The van der Waals surface area contributed by atoms with E-state index >= 15 is 0 Å². The highest BCUT2D eigenvalue weighted by atomic mass is 15.2. The Morgan fingerprint density at radius 2 is 1.86 bits per heavy atom. The second-order valence-electron chi connectivity index (χ2n) is 8.55. The van der Waals surface area contributed by atoms with Crippen molar-refractivity contribution in [1.29, 1.82) is 0 Å². The SMILES string of the molecule is Cc1ccc(C(CN)N2CC3(C)CC2CC(C)(C)C3)cc1. The molecule has 0 radical (unpaired) electrons. The molecule has 0 aromatic heterocycles. The first-order chi connectivity index (χ1) is 9.82. The van der Waals surface area contributed by atoms with Gasteiger partial charge in [0.25, 0.3) is 0 Å². The Morgan fingerprint density at radius 1 is 1.19 bits per heavy atom. The fourth-order valence-corrected chi connectivity index (χ4v) is 5.12. The van der Waals surface area contributed by atoms with Crippen LogP contribution in [-0.2, 0) is 0 Å². The number of nitrogens with zero attached hydrogens (tertiary/aromatic N) is 1. The van der Waals surface area contributed by atoms with Crippen LogP contribution in [0.25, 0.3) is 0 Å². The van der Waals surface area contributed by atoms with Crippen LogP contribution in [0.3, 0.4) is 0 Å². The van der Waals surface area contributed by atoms with Crippen molar-refractivity contribution in [2.45, 2.75) is 59.0 Å². The zero-order valence-electron chi connectivity index (χ0n) is 14.0. The summed E-state index contributed by atoms with van der Waals surface area (Å²) in [4.78, 5) is 2.71. The molecule has 2 aliphatic rings. The fourth-order valence-electron chi connectivity index (χ4n) is 5.12. The van der Waals surface area contributed by atoms with Gasteiger partial charge < -0.3 is 5.73 Å². The van der Waals surface area contributed by atoms with E-state index in [1.54, 1.807) is 0 Å². The summed E-state index contributed by atoms with van der Waals surface area (Å²) < 4.78 is 0. The Bertz CT molecular complexity index is 505. The lowest BCUT2D eigenvalue weighted by atomic mass is 9.65. The van der Waals surface area contributed by atoms with Crippen LogP contribution in [0.5, 0.6) is 0 Å². The van der Waals surface area contributed by atoms with E-state index in [-0.39, 0.29) is 0 Å². The maximum absolute atomic E-state index is 6.17. The molecule has 2 N–H and O–H groups in total. The fraction of sp³-hybridized carbons (Fsp3) is 0.684. The zero-order valence-corrected chi connectivity index (χ0v) is 14.0. The minimum absolute atomic E-state index is 0.381. The van der Waals surface area contributed by atoms with Gasteiger partial charge in [-0.1, -0.05) is 50.6 Å². The zero-order chi connectivity index (χ0) is 15.3. The number of hydrogen-bond acceptors (Lipinski definition) is 2. The minimum atomic E-state index is 0.381. The Labute approximate surface area is 129 Å². The summed E-state index contributed by atoms with van der Waals surface area (Å²) in [6, 6.07) is 10.0. The molecule has 1 aliphatic carbocycles. The maximum atomic E-state index is 6.17. The highest BCUT2D eigenvalue weighted by molar-refractivity contribution is 5.25. The summed E-state index contributed by atoms with van der Waals surface area (Å²) >= 11 is 0. The van der Waals surface area contributed by atoms with Crippen LogP contribution in [0, 0.1) is 17.8 Å². The Balaban J connectivity index is 1.87. The predicted molar refractivity (Wildman–Crippen MR) is 89.2 cm³/mol. The number of likely N-dealkylation sites (tertiary alicyclic amines) is 1. The van der Waals surface area contributed by atoms with Gasteiger partial charge in [0.1, 0.15) is 0 Å². The van der Waals surface area contributed by atoms with Crippen molar-refractivity contribution in [3.05, 3.63) is 35.4 Å². The van der Waals surface area contributed by atoms with E-state index in [9.17, 15) is 0 Å². The molecule has 21 heavy (non-hydrogen) atoms. The van der Waals surface area contributed by atoms with Gasteiger partial charge in [-0.15, -0.1) is 0 Å². The molecule has 1 saturated heterocycles. The molecule has 2 fully saturated rings. The van der Waals surface area contributed by atoms with E-state index in [1.807, 2.05) is 0 Å². The Hall–Kier alpha value is -0.860. The highest BCUT2D eigenvalue weighted by Gasteiger charge is 2.51. The van der Waals surface area contributed by atoms with Crippen molar-refractivity contribution >= 4 is 0 Å². The largest absolute Gasteiger partial charge is 0.329 e. The van der Waals surface area contributed by atoms with Crippen LogP contribution in [0.1, 0.15) is 57.2 Å². The summed E-state index contributed by atoms with van der Waals surface area (Å²) in [5.74, 6) is 0. The van der Waals surface area contributed by atoms with E-state index in [4.69, 9.17) is 5.73 Å². The lowest BCUT2D eigenvalue weighted by Gasteiger charge is -2.40. The van der Waals surface area contributed by atoms with E-state index in [0.717, 1.165) is 6.54 Å². The number of aryl methyl sites for hydroxylation is 1.